The number of hydrogen-bond donors (Lipinski definition) is 4. The highest BCUT2D eigenvalue weighted by atomic mass is 16.4. The summed E-state index contributed by atoms with van der Waals surface area (Å²) in [5.74, 6) is 4.05. The van der Waals surface area contributed by atoms with Crippen LogP contribution in [0.4, 0.5) is 10.5 Å². The second-order valence-electron chi connectivity index (χ2n) is 4.94. The molecule has 24 heavy (non-hydrogen) atoms. The first-order valence-corrected chi connectivity index (χ1v) is 7.11. The van der Waals surface area contributed by atoms with E-state index in [1.807, 2.05) is 0 Å². The van der Waals surface area contributed by atoms with Crippen molar-refractivity contribution in [2.45, 2.75) is 12.5 Å². The number of aliphatic carboxylic acids is 1. The van der Waals surface area contributed by atoms with Crippen LogP contribution >= 0.6 is 0 Å². The summed E-state index contributed by atoms with van der Waals surface area (Å²) in [5, 5.41) is 17.7. The molecule has 1 aromatic carbocycles. The zero-order valence-electron chi connectivity index (χ0n) is 12.7. The normalized spacial score (nSPS) is 11.8. The second kappa shape index (κ2) is 8.28. The Morgan fingerprint density at radius 2 is 2.04 bits per heavy atom. The summed E-state index contributed by atoms with van der Waals surface area (Å²) in [7, 11) is 0. The third kappa shape index (κ3) is 5.09. The van der Waals surface area contributed by atoms with Gasteiger partial charge in [-0.2, -0.15) is 5.10 Å². The van der Waals surface area contributed by atoms with E-state index < -0.39 is 18.0 Å². The molecular weight excluding hydrogens is 310 g/mol. The summed E-state index contributed by atoms with van der Waals surface area (Å²) < 4.78 is 0. The molecule has 0 bridgehead atoms. The van der Waals surface area contributed by atoms with Crippen molar-refractivity contribution in [3.8, 4) is 0 Å². The molecule has 1 atom stereocenters. The van der Waals surface area contributed by atoms with Crippen LogP contribution in [0, 0.1) is 0 Å². The highest BCUT2D eigenvalue weighted by Crippen LogP contribution is 2.16. The van der Waals surface area contributed by atoms with Gasteiger partial charge in [0.15, 0.2) is 0 Å². The molecule has 0 fully saturated rings. The minimum Gasteiger partial charge on any atom is -0.481 e. The highest BCUT2D eigenvalue weighted by molar-refractivity contribution is 5.90. The molecule has 0 saturated carbocycles. The van der Waals surface area contributed by atoms with Gasteiger partial charge >= 0.3 is 12.0 Å². The van der Waals surface area contributed by atoms with Gasteiger partial charge in [-0.15, -0.1) is 0 Å². The first-order valence-electron chi connectivity index (χ1n) is 7.11. The van der Waals surface area contributed by atoms with Crippen molar-refractivity contribution >= 4 is 23.9 Å². The van der Waals surface area contributed by atoms with E-state index in [1.165, 1.54) is 12.4 Å². The van der Waals surface area contributed by atoms with Gasteiger partial charge in [0, 0.05) is 18.1 Å². The SMILES string of the molecule is NN=Cc1ccc(NC(=O)NC(CC(=O)O)c2cccnc2)cc1. The van der Waals surface area contributed by atoms with Gasteiger partial charge < -0.3 is 21.6 Å². The number of nitrogens with zero attached hydrogens (tertiary/aromatic N) is 2. The summed E-state index contributed by atoms with van der Waals surface area (Å²) in [6.07, 6.45) is 4.34. The van der Waals surface area contributed by atoms with Gasteiger partial charge in [-0.1, -0.05) is 18.2 Å². The van der Waals surface area contributed by atoms with E-state index >= 15 is 0 Å². The first-order chi connectivity index (χ1) is 11.6. The van der Waals surface area contributed by atoms with Crippen LogP contribution < -0.4 is 16.5 Å². The number of hydrazone groups is 1. The molecule has 2 amide bonds. The smallest absolute Gasteiger partial charge is 0.319 e. The topological polar surface area (TPSA) is 130 Å². The van der Waals surface area contributed by atoms with E-state index in [0.717, 1.165) is 5.56 Å². The lowest BCUT2D eigenvalue weighted by Crippen LogP contribution is -2.33. The molecule has 1 unspecified atom stereocenters. The molecule has 0 saturated heterocycles. The number of urea groups is 1. The molecule has 0 spiro atoms. The van der Waals surface area contributed by atoms with E-state index in [2.05, 4.69) is 20.7 Å². The van der Waals surface area contributed by atoms with Gasteiger partial charge in [0.05, 0.1) is 18.7 Å². The maximum Gasteiger partial charge on any atom is 0.319 e. The number of nitrogens with two attached hydrogens (primary N) is 1. The van der Waals surface area contributed by atoms with Crippen molar-refractivity contribution in [3.05, 3.63) is 59.9 Å². The lowest BCUT2D eigenvalue weighted by molar-refractivity contribution is -0.137. The quantitative estimate of drug-likeness (QED) is 0.364. The van der Waals surface area contributed by atoms with E-state index in [0.29, 0.717) is 11.3 Å². The Kier molecular flexibility index (Phi) is 5.84. The molecule has 124 valence electrons. The minimum absolute atomic E-state index is 0.245. The number of carbonyl (C=O) groups is 2. The van der Waals surface area contributed by atoms with Crippen molar-refractivity contribution in [2.75, 3.05) is 5.32 Å². The minimum atomic E-state index is -1.02. The fourth-order valence-corrected chi connectivity index (χ4v) is 2.07. The molecule has 2 rings (SSSR count). The van der Waals surface area contributed by atoms with Gasteiger partial charge in [0.1, 0.15) is 0 Å². The summed E-state index contributed by atoms with van der Waals surface area (Å²) in [4.78, 5) is 27.1. The molecule has 1 aromatic heterocycles. The molecule has 0 aliphatic rings. The Morgan fingerprint density at radius 1 is 1.29 bits per heavy atom. The molecule has 2 aromatic rings. The monoisotopic (exact) mass is 327 g/mol. The summed E-state index contributed by atoms with van der Waals surface area (Å²) >= 11 is 0. The molecule has 0 aliphatic heterocycles. The predicted octanol–water partition coefficient (Wildman–Crippen LogP) is 1.71. The summed E-state index contributed by atoms with van der Waals surface area (Å²) in [6, 6.07) is 9.05. The summed E-state index contributed by atoms with van der Waals surface area (Å²) in [6.45, 7) is 0. The van der Waals surface area contributed by atoms with Gasteiger partial charge in [-0.05, 0) is 29.3 Å². The van der Waals surface area contributed by atoms with Crippen molar-refractivity contribution < 1.29 is 14.7 Å². The highest BCUT2D eigenvalue weighted by Gasteiger charge is 2.18. The third-order valence-electron chi connectivity index (χ3n) is 3.16. The Balaban J connectivity index is 2.03. The maximum atomic E-state index is 12.1. The molecule has 0 aliphatic carbocycles. The van der Waals surface area contributed by atoms with Gasteiger partial charge in [0.25, 0.3) is 0 Å². The number of pyridine rings is 1. The van der Waals surface area contributed by atoms with Crippen LogP contribution in [0.2, 0.25) is 0 Å². The molecule has 8 nitrogen and oxygen atoms in total. The van der Waals surface area contributed by atoms with Gasteiger partial charge in [-0.3, -0.25) is 9.78 Å². The number of rotatable bonds is 6. The predicted molar refractivity (Wildman–Crippen MR) is 89.6 cm³/mol. The first kappa shape index (κ1) is 16.9. The Bertz CT molecular complexity index is 716. The fraction of sp³-hybridized carbons (Fsp3) is 0.125. The molecule has 5 N–H and O–H groups in total. The molecule has 8 heteroatoms. The molecule has 1 heterocycles. The van der Waals surface area contributed by atoms with Crippen LogP contribution in [-0.4, -0.2) is 28.3 Å². The van der Waals surface area contributed by atoms with Crippen molar-refractivity contribution in [3.63, 3.8) is 0 Å². The number of nitrogens with one attached hydrogen (secondary N) is 2. The number of carbonyl (C=O) groups excluding carboxylic acids is 1. The lowest BCUT2D eigenvalue weighted by atomic mass is 10.1. The van der Waals surface area contributed by atoms with Gasteiger partial charge in [0.2, 0.25) is 0 Å². The van der Waals surface area contributed by atoms with Crippen LogP contribution in [0.5, 0.6) is 0 Å². The van der Waals surface area contributed by atoms with Crippen molar-refractivity contribution in [1.82, 2.24) is 10.3 Å². The van der Waals surface area contributed by atoms with E-state index in [9.17, 15) is 9.59 Å². The summed E-state index contributed by atoms with van der Waals surface area (Å²) in [5.41, 5.74) is 1.97. The fourth-order valence-electron chi connectivity index (χ4n) is 2.07. The lowest BCUT2D eigenvalue weighted by Gasteiger charge is -2.17. The number of carboxylic acid groups (broad SMARTS) is 1. The molecular formula is C16H17N5O3. The number of carboxylic acids is 1. The van der Waals surface area contributed by atoms with Crippen LogP contribution in [0.25, 0.3) is 0 Å². The number of aromatic nitrogens is 1. The zero-order valence-corrected chi connectivity index (χ0v) is 12.7. The van der Waals surface area contributed by atoms with Crippen LogP contribution in [0.15, 0.2) is 53.9 Å². The number of amides is 2. The largest absolute Gasteiger partial charge is 0.481 e. The Labute approximate surface area is 138 Å². The average Bonchev–Trinajstić information content (AvgIpc) is 2.57. The number of hydrogen-bond acceptors (Lipinski definition) is 5. The van der Waals surface area contributed by atoms with E-state index in [-0.39, 0.29) is 6.42 Å². The van der Waals surface area contributed by atoms with Crippen LogP contribution in [-0.2, 0) is 4.79 Å². The Hall–Kier alpha value is -3.42. The van der Waals surface area contributed by atoms with Crippen molar-refractivity contribution in [1.29, 1.82) is 0 Å². The van der Waals surface area contributed by atoms with Gasteiger partial charge in [-0.25, -0.2) is 4.79 Å². The number of anilines is 1. The van der Waals surface area contributed by atoms with Crippen molar-refractivity contribution in [2.24, 2.45) is 10.9 Å². The number of benzene rings is 1. The van der Waals surface area contributed by atoms with E-state index in [1.54, 1.807) is 42.6 Å². The van der Waals surface area contributed by atoms with Crippen LogP contribution in [0.3, 0.4) is 0 Å². The third-order valence-corrected chi connectivity index (χ3v) is 3.16. The standard InChI is InChI=1S/C16H17N5O3/c17-19-9-11-3-5-13(6-4-11)20-16(24)21-14(8-15(22)23)12-2-1-7-18-10-12/h1-7,9-10,14H,8,17H2,(H,22,23)(H2,20,21,24). The van der Waals surface area contributed by atoms with Crippen LogP contribution in [0.1, 0.15) is 23.6 Å². The second-order valence-corrected chi connectivity index (χ2v) is 4.94. The van der Waals surface area contributed by atoms with E-state index in [4.69, 9.17) is 10.9 Å². The Morgan fingerprint density at radius 3 is 2.62 bits per heavy atom. The maximum absolute atomic E-state index is 12.1. The molecule has 0 radical (unpaired) electrons. The zero-order chi connectivity index (χ0) is 17.4. The average molecular weight is 327 g/mol.